The molecule has 1 aliphatic heterocycles. The smallest absolute Gasteiger partial charge is 0.124 e. The van der Waals surface area contributed by atoms with Gasteiger partial charge in [0.25, 0.3) is 0 Å². The van der Waals surface area contributed by atoms with E-state index in [1.54, 1.807) is 18.3 Å². The average Bonchev–Trinajstić information content (AvgIpc) is 2.46. The van der Waals surface area contributed by atoms with Gasteiger partial charge in [-0.25, -0.2) is 0 Å². The zero-order chi connectivity index (χ0) is 13.1. The number of phenols is 1. The largest absolute Gasteiger partial charge is 0.507 e. The zero-order valence-corrected chi connectivity index (χ0v) is 10.4. The zero-order valence-electron chi connectivity index (χ0n) is 10.4. The Morgan fingerprint density at radius 1 is 1.05 bits per heavy atom. The van der Waals surface area contributed by atoms with Gasteiger partial charge in [0.2, 0.25) is 0 Å². The molecule has 0 bridgehead atoms. The molecule has 0 amide bonds. The van der Waals surface area contributed by atoms with Crippen molar-refractivity contribution in [3.63, 3.8) is 0 Å². The Morgan fingerprint density at radius 3 is 2.74 bits per heavy atom. The summed E-state index contributed by atoms with van der Waals surface area (Å²) >= 11 is 0. The van der Waals surface area contributed by atoms with Crippen LogP contribution in [-0.2, 0) is 6.54 Å². The molecule has 0 aliphatic carbocycles. The molecule has 1 N–H and O–H groups in total. The van der Waals surface area contributed by atoms with Crippen LogP contribution in [0.15, 0.2) is 59.8 Å². The molecule has 2 aromatic rings. The van der Waals surface area contributed by atoms with Gasteiger partial charge in [0.1, 0.15) is 5.75 Å². The Morgan fingerprint density at radius 2 is 1.84 bits per heavy atom. The van der Waals surface area contributed by atoms with Crippen LogP contribution in [0, 0.1) is 0 Å². The number of phenolic OH excluding ortho intramolecular Hbond substituents is 1. The second kappa shape index (κ2) is 4.98. The first-order chi connectivity index (χ1) is 9.33. The summed E-state index contributed by atoms with van der Waals surface area (Å²) < 4.78 is 0. The molecule has 0 saturated heterocycles. The van der Waals surface area contributed by atoms with Crippen LogP contribution < -0.4 is 0 Å². The molecular weight excluding hydrogens is 236 g/mol. The molecule has 0 aromatic heterocycles. The molecule has 1 aliphatic rings. The van der Waals surface area contributed by atoms with Gasteiger partial charge in [-0.05, 0) is 29.3 Å². The van der Waals surface area contributed by atoms with Crippen molar-refractivity contribution in [2.45, 2.75) is 6.54 Å². The highest BCUT2D eigenvalue weighted by molar-refractivity contribution is 5.83. The molecule has 0 unspecified atom stereocenters. The molecule has 0 saturated carbocycles. The van der Waals surface area contributed by atoms with Crippen molar-refractivity contribution >= 4 is 12.3 Å². The monoisotopic (exact) mass is 250 g/mol. The summed E-state index contributed by atoms with van der Waals surface area (Å²) in [5.74, 6) is 0.243. The molecule has 1 heterocycles. The fourth-order valence-electron chi connectivity index (χ4n) is 2.05. The Bertz CT molecular complexity index is 647. The van der Waals surface area contributed by atoms with Crippen LogP contribution in [0.4, 0.5) is 0 Å². The Labute approximate surface area is 112 Å². The summed E-state index contributed by atoms with van der Waals surface area (Å²) in [6, 6.07) is 15.4. The van der Waals surface area contributed by atoms with E-state index in [2.05, 4.69) is 17.2 Å². The summed E-state index contributed by atoms with van der Waals surface area (Å²) in [4.78, 5) is 0. The van der Waals surface area contributed by atoms with Crippen LogP contribution in [0.1, 0.15) is 16.7 Å². The van der Waals surface area contributed by atoms with E-state index in [0.29, 0.717) is 0 Å². The lowest BCUT2D eigenvalue weighted by molar-refractivity contribution is 0.391. The third-order valence-electron chi connectivity index (χ3n) is 3.10. The second-order valence-corrected chi connectivity index (χ2v) is 4.42. The number of nitrogens with zero attached hydrogens (tertiary/aromatic N) is 2. The van der Waals surface area contributed by atoms with Crippen molar-refractivity contribution < 1.29 is 5.11 Å². The van der Waals surface area contributed by atoms with Crippen LogP contribution >= 0.6 is 0 Å². The number of hydrazone groups is 1. The Balaban J connectivity index is 1.78. The van der Waals surface area contributed by atoms with Gasteiger partial charge in [-0.2, -0.15) is 5.10 Å². The summed E-state index contributed by atoms with van der Waals surface area (Å²) in [5, 5.41) is 15.9. The normalized spacial score (nSPS) is 13.8. The van der Waals surface area contributed by atoms with Crippen molar-refractivity contribution in [3.05, 3.63) is 71.4 Å². The first-order valence-corrected chi connectivity index (χ1v) is 6.18. The predicted octanol–water partition coefficient (Wildman–Crippen LogP) is 3.21. The van der Waals surface area contributed by atoms with E-state index < -0.39 is 0 Å². The summed E-state index contributed by atoms with van der Waals surface area (Å²) in [6.07, 6.45) is 5.66. The van der Waals surface area contributed by atoms with Crippen LogP contribution in [-0.4, -0.2) is 16.3 Å². The molecular formula is C16H14N2O. The highest BCUT2D eigenvalue weighted by atomic mass is 16.3. The number of para-hydroxylation sites is 1. The number of benzene rings is 2. The SMILES string of the molecule is Oc1ccccc1C=NN1C=Cc2ccccc2C1. The van der Waals surface area contributed by atoms with Gasteiger partial charge in [0, 0.05) is 11.8 Å². The lowest BCUT2D eigenvalue weighted by Gasteiger charge is -2.20. The highest BCUT2D eigenvalue weighted by Crippen LogP contribution is 2.19. The van der Waals surface area contributed by atoms with Gasteiger partial charge < -0.3 is 5.11 Å². The molecule has 19 heavy (non-hydrogen) atoms. The van der Waals surface area contributed by atoms with E-state index in [9.17, 15) is 5.11 Å². The first kappa shape index (κ1) is 11.5. The molecule has 0 fully saturated rings. The lowest BCUT2D eigenvalue weighted by atomic mass is 10.1. The third kappa shape index (κ3) is 2.50. The molecule has 3 nitrogen and oxygen atoms in total. The minimum Gasteiger partial charge on any atom is -0.507 e. The molecule has 0 spiro atoms. The van der Waals surface area contributed by atoms with Crippen molar-refractivity contribution in [2.24, 2.45) is 5.10 Å². The minimum absolute atomic E-state index is 0.243. The van der Waals surface area contributed by atoms with Gasteiger partial charge in [-0.3, -0.25) is 5.01 Å². The number of hydrogen-bond donors (Lipinski definition) is 1. The van der Waals surface area contributed by atoms with Crippen LogP contribution in [0.2, 0.25) is 0 Å². The summed E-state index contributed by atoms with van der Waals surface area (Å²) in [7, 11) is 0. The second-order valence-electron chi connectivity index (χ2n) is 4.42. The van der Waals surface area contributed by atoms with Gasteiger partial charge in [0.05, 0.1) is 12.8 Å². The quantitative estimate of drug-likeness (QED) is 0.831. The topological polar surface area (TPSA) is 35.8 Å². The molecule has 0 radical (unpaired) electrons. The van der Waals surface area contributed by atoms with Crippen molar-refractivity contribution in [2.75, 3.05) is 0 Å². The molecule has 2 aromatic carbocycles. The molecule has 3 heteroatoms. The van der Waals surface area contributed by atoms with Crippen molar-refractivity contribution in [3.8, 4) is 5.75 Å². The van der Waals surface area contributed by atoms with Gasteiger partial charge in [0.15, 0.2) is 0 Å². The molecule has 3 rings (SSSR count). The maximum atomic E-state index is 9.67. The minimum atomic E-state index is 0.243. The fourth-order valence-corrected chi connectivity index (χ4v) is 2.05. The summed E-state index contributed by atoms with van der Waals surface area (Å²) in [5.41, 5.74) is 3.20. The molecule has 94 valence electrons. The predicted molar refractivity (Wildman–Crippen MR) is 76.7 cm³/mol. The maximum Gasteiger partial charge on any atom is 0.124 e. The standard InChI is InChI=1S/C16H14N2O/c19-16-8-4-3-6-14(16)11-17-18-10-9-13-5-1-2-7-15(13)12-18/h1-11,19H,12H2. The van der Waals surface area contributed by atoms with Gasteiger partial charge >= 0.3 is 0 Å². The average molecular weight is 250 g/mol. The van der Waals surface area contributed by atoms with E-state index in [-0.39, 0.29) is 5.75 Å². The van der Waals surface area contributed by atoms with E-state index in [0.717, 1.165) is 12.1 Å². The number of aromatic hydroxyl groups is 1. The van der Waals surface area contributed by atoms with E-state index in [4.69, 9.17) is 0 Å². The van der Waals surface area contributed by atoms with Crippen LogP contribution in [0.25, 0.3) is 6.08 Å². The highest BCUT2D eigenvalue weighted by Gasteiger charge is 2.08. The molecule has 0 atom stereocenters. The van der Waals surface area contributed by atoms with Gasteiger partial charge in [-0.1, -0.05) is 36.4 Å². The van der Waals surface area contributed by atoms with Crippen molar-refractivity contribution in [1.29, 1.82) is 0 Å². The first-order valence-electron chi connectivity index (χ1n) is 6.18. The van der Waals surface area contributed by atoms with Crippen LogP contribution in [0.5, 0.6) is 5.75 Å². The fraction of sp³-hybridized carbons (Fsp3) is 0.0625. The van der Waals surface area contributed by atoms with E-state index in [1.165, 1.54) is 11.1 Å². The van der Waals surface area contributed by atoms with E-state index >= 15 is 0 Å². The number of fused-ring (bicyclic) bond motifs is 1. The third-order valence-corrected chi connectivity index (χ3v) is 3.10. The Hall–Kier alpha value is -2.55. The lowest BCUT2D eigenvalue weighted by Crippen LogP contribution is -2.14. The Kier molecular flexibility index (Phi) is 3.02. The van der Waals surface area contributed by atoms with E-state index in [1.807, 2.05) is 41.6 Å². The maximum absolute atomic E-state index is 9.67. The summed E-state index contributed by atoms with van der Waals surface area (Å²) in [6.45, 7) is 0.747. The van der Waals surface area contributed by atoms with Gasteiger partial charge in [-0.15, -0.1) is 0 Å². The van der Waals surface area contributed by atoms with Crippen LogP contribution in [0.3, 0.4) is 0 Å². The van der Waals surface area contributed by atoms with Crippen molar-refractivity contribution in [1.82, 2.24) is 5.01 Å². The number of hydrogen-bond acceptors (Lipinski definition) is 3. The number of rotatable bonds is 2.